The molecule has 19 heavy (non-hydrogen) atoms. The molecule has 0 saturated carbocycles. The van der Waals surface area contributed by atoms with Crippen molar-refractivity contribution in [2.75, 3.05) is 4.90 Å². The number of para-hydroxylation sites is 1. The van der Waals surface area contributed by atoms with Gasteiger partial charge in [-0.3, -0.25) is 14.4 Å². The number of hydrogen-bond acceptors (Lipinski definition) is 3. The van der Waals surface area contributed by atoms with Crippen LogP contribution < -0.4 is 10.2 Å². The van der Waals surface area contributed by atoms with Crippen molar-refractivity contribution in [1.29, 1.82) is 0 Å². The minimum Gasteiger partial charge on any atom is -0.321 e. The summed E-state index contributed by atoms with van der Waals surface area (Å²) in [5.74, 6) is -1.22. The van der Waals surface area contributed by atoms with Gasteiger partial charge in [-0.1, -0.05) is 25.1 Å². The van der Waals surface area contributed by atoms with Crippen LogP contribution in [0.15, 0.2) is 41.6 Å². The first-order valence-electron chi connectivity index (χ1n) is 6.00. The zero-order chi connectivity index (χ0) is 14.0. The van der Waals surface area contributed by atoms with E-state index < -0.39 is 5.91 Å². The van der Waals surface area contributed by atoms with Crippen LogP contribution in [0.3, 0.4) is 0 Å². The van der Waals surface area contributed by atoms with E-state index in [9.17, 15) is 14.4 Å². The number of rotatable bonds is 3. The van der Waals surface area contributed by atoms with E-state index in [4.69, 9.17) is 0 Å². The highest BCUT2D eigenvalue weighted by atomic mass is 16.2. The lowest BCUT2D eigenvalue weighted by molar-refractivity contribution is -0.123. The highest BCUT2D eigenvalue weighted by molar-refractivity contribution is 6.33. The third-order valence-electron chi connectivity index (χ3n) is 2.85. The number of nitrogens with zero attached hydrogens (tertiary/aromatic N) is 1. The second-order valence-electron chi connectivity index (χ2n) is 4.17. The van der Waals surface area contributed by atoms with Gasteiger partial charge < -0.3 is 5.32 Å². The fraction of sp³-hybridized carbons (Fsp3) is 0.214. The Balaban J connectivity index is 2.41. The molecule has 1 N–H and O–H groups in total. The van der Waals surface area contributed by atoms with E-state index >= 15 is 0 Å². The van der Waals surface area contributed by atoms with Gasteiger partial charge in [0.2, 0.25) is 5.91 Å². The third kappa shape index (κ3) is 2.27. The Morgan fingerprint density at radius 3 is 2.32 bits per heavy atom. The van der Waals surface area contributed by atoms with Crippen molar-refractivity contribution in [3.8, 4) is 0 Å². The highest BCUT2D eigenvalue weighted by Crippen LogP contribution is 2.27. The fourth-order valence-electron chi connectivity index (χ4n) is 2.02. The molecule has 98 valence electrons. The standard InChI is InChI=1S/C14H14N2O3/c1-3-11-12(15-9(2)17)14(19)16(13(11)18)10-7-5-4-6-8-10/h4-8H,3H2,1-2H3,(H,15,17). The van der Waals surface area contributed by atoms with Gasteiger partial charge in [0.05, 0.1) is 5.69 Å². The van der Waals surface area contributed by atoms with Crippen molar-refractivity contribution in [3.05, 3.63) is 41.6 Å². The van der Waals surface area contributed by atoms with E-state index in [1.54, 1.807) is 37.3 Å². The lowest BCUT2D eigenvalue weighted by Gasteiger charge is -2.14. The van der Waals surface area contributed by atoms with E-state index in [1.807, 2.05) is 0 Å². The second kappa shape index (κ2) is 5.06. The molecule has 0 unspecified atom stereocenters. The number of nitrogens with one attached hydrogen (secondary N) is 1. The van der Waals surface area contributed by atoms with Crippen molar-refractivity contribution < 1.29 is 14.4 Å². The molecule has 0 fully saturated rings. The van der Waals surface area contributed by atoms with Gasteiger partial charge in [0.25, 0.3) is 11.8 Å². The van der Waals surface area contributed by atoms with Crippen molar-refractivity contribution in [3.63, 3.8) is 0 Å². The number of anilines is 1. The normalized spacial score (nSPS) is 15.2. The molecule has 0 aromatic heterocycles. The molecule has 5 nitrogen and oxygen atoms in total. The number of hydrogen-bond donors (Lipinski definition) is 1. The average Bonchev–Trinajstić information content (AvgIpc) is 2.61. The Hall–Kier alpha value is -2.43. The van der Waals surface area contributed by atoms with E-state index in [-0.39, 0.29) is 17.5 Å². The number of carbonyl (C=O) groups is 3. The Labute approximate surface area is 110 Å². The van der Waals surface area contributed by atoms with E-state index in [0.717, 1.165) is 4.90 Å². The maximum atomic E-state index is 12.3. The van der Waals surface area contributed by atoms with E-state index in [2.05, 4.69) is 5.32 Å². The fourth-order valence-corrected chi connectivity index (χ4v) is 2.02. The SMILES string of the molecule is CCC1=C(NC(C)=O)C(=O)N(c2ccccc2)C1=O. The number of benzene rings is 1. The van der Waals surface area contributed by atoms with Crippen LogP contribution in [0.2, 0.25) is 0 Å². The summed E-state index contributed by atoms with van der Waals surface area (Å²) in [4.78, 5) is 36.7. The van der Waals surface area contributed by atoms with Crippen LogP contribution in [0.25, 0.3) is 0 Å². The summed E-state index contributed by atoms with van der Waals surface area (Å²) in [5, 5.41) is 2.45. The molecule has 1 aromatic carbocycles. The molecule has 1 heterocycles. The Kier molecular flexibility index (Phi) is 3.46. The molecule has 2 rings (SSSR count). The van der Waals surface area contributed by atoms with Gasteiger partial charge in [0.1, 0.15) is 5.70 Å². The van der Waals surface area contributed by atoms with E-state index in [1.165, 1.54) is 6.92 Å². The van der Waals surface area contributed by atoms with Crippen LogP contribution in [0.4, 0.5) is 5.69 Å². The second-order valence-corrected chi connectivity index (χ2v) is 4.17. The van der Waals surface area contributed by atoms with Gasteiger partial charge in [-0.15, -0.1) is 0 Å². The molecule has 1 aromatic rings. The van der Waals surface area contributed by atoms with Crippen LogP contribution in [0.1, 0.15) is 20.3 Å². The van der Waals surface area contributed by atoms with Gasteiger partial charge in [0, 0.05) is 12.5 Å². The lowest BCUT2D eigenvalue weighted by Crippen LogP contribution is -2.34. The van der Waals surface area contributed by atoms with Crippen LogP contribution >= 0.6 is 0 Å². The zero-order valence-corrected chi connectivity index (χ0v) is 10.8. The summed E-state index contributed by atoms with van der Waals surface area (Å²) < 4.78 is 0. The molecular formula is C14H14N2O3. The van der Waals surface area contributed by atoms with Gasteiger partial charge in [-0.05, 0) is 18.6 Å². The maximum absolute atomic E-state index is 12.3. The molecule has 1 aliphatic heterocycles. The number of imide groups is 1. The van der Waals surface area contributed by atoms with Crippen LogP contribution in [-0.2, 0) is 14.4 Å². The molecule has 0 spiro atoms. The molecule has 0 radical (unpaired) electrons. The molecule has 1 aliphatic rings. The minimum atomic E-state index is -0.483. The molecule has 0 atom stereocenters. The topological polar surface area (TPSA) is 66.5 Å². The van der Waals surface area contributed by atoms with Crippen molar-refractivity contribution >= 4 is 23.4 Å². The highest BCUT2D eigenvalue weighted by Gasteiger charge is 2.38. The largest absolute Gasteiger partial charge is 0.321 e. The first-order chi connectivity index (χ1) is 9.06. The van der Waals surface area contributed by atoms with Crippen LogP contribution in [-0.4, -0.2) is 17.7 Å². The van der Waals surface area contributed by atoms with Crippen LogP contribution in [0, 0.1) is 0 Å². The Morgan fingerprint density at radius 1 is 1.16 bits per heavy atom. The minimum absolute atomic E-state index is 0.0869. The van der Waals surface area contributed by atoms with Gasteiger partial charge >= 0.3 is 0 Å². The van der Waals surface area contributed by atoms with Crippen molar-refractivity contribution in [2.24, 2.45) is 0 Å². The first-order valence-corrected chi connectivity index (χ1v) is 6.00. The summed E-state index contributed by atoms with van der Waals surface area (Å²) >= 11 is 0. The third-order valence-corrected chi connectivity index (χ3v) is 2.85. The summed E-state index contributed by atoms with van der Waals surface area (Å²) in [6.07, 6.45) is 0.392. The maximum Gasteiger partial charge on any atom is 0.282 e. The average molecular weight is 258 g/mol. The first kappa shape index (κ1) is 13.0. The summed E-state index contributed by atoms with van der Waals surface area (Å²) in [6.45, 7) is 3.08. The van der Waals surface area contributed by atoms with Gasteiger partial charge in [-0.2, -0.15) is 0 Å². The Morgan fingerprint density at radius 2 is 1.79 bits per heavy atom. The summed E-state index contributed by atoms with van der Waals surface area (Å²) in [7, 11) is 0. The van der Waals surface area contributed by atoms with Gasteiger partial charge in [-0.25, -0.2) is 4.90 Å². The summed E-state index contributed by atoms with van der Waals surface area (Å²) in [6, 6.07) is 8.66. The van der Waals surface area contributed by atoms with E-state index in [0.29, 0.717) is 17.7 Å². The predicted octanol–water partition coefficient (Wildman–Crippen LogP) is 1.36. The smallest absolute Gasteiger partial charge is 0.282 e. The molecule has 5 heteroatoms. The van der Waals surface area contributed by atoms with Crippen molar-refractivity contribution in [1.82, 2.24) is 5.32 Å². The Bertz CT molecular complexity index is 576. The number of amides is 3. The monoisotopic (exact) mass is 258 g/mol. The van der Waals surface area contributed by atoms with Crippen LogP contribution in [0.5, 0.6) is 0 Å². The summed E-state index contributed by atoms with van der Waals surface area (Å²) in [5.41, 5.74) is 0.928. The zero-order valence-electron chi connectivity index (χ0n) is 10.8. The number of carbonyl (C=O) groups excluding carboxylic acids is 3. The molecule has 0 aliphatic carbocycles. The molecular weight excluding hydrogens is 244 g/mol. The van der Waals surface area contributed by atoms with Crippen molar-refractivity contribution in [2.45, 2.75) is 20.3 Å². The molecule has 3 amide bonds. The molecule has 0 saturated heterocycles. The van der Waals surface area contributed by atoms with Gasteiger partial charge in [0.15, 0.2) is 0 Å². The molecule has 0 bridgehead atoms. The lowest BCUT2D eigenvalue weighted by atomic mass is 10.2. The quantitative estimate of drug-likeness (QED) is 0.832. The predicted molar refractivity (Wildman–Crippen MR) is 70.1 cm³/mol.